The number of rotatable bonds is 4. The molecule has 0 saturated heterocycles. The Kier molecular flexibility index (Phi) is 4.11. The van der Waals surface area contributed by atoms with Gasteiger partial charge in [0, 0.05) is 22.8 Å². The molecule has 1 aromatic carbocycles. The number of nitrogens with one attached hydrogen (secondary N) is 2. The first-order valence-electron chi connectivity index (χ1n) is 6.74. The molecular weight excluding hydrogens is 339 g/mol. The summed E-state index contributed by atoms with van der Waals surface area (Å²) in [4.78, 5) is 15.7. The molecular formula is C15H12Cl2N4O2. The topological polar surface area (TPSA) is 90.9 Å². The predicted octanol–water partition coefficient (Wildman–Crippen LogP) is 3.82. The van der Waals surface area contributed by atoms with Crippen LogP contribution in [-0.4, -0.2) is 32.3 Å². The molecule has 0 spiro atoms. The van der Waals surface area contributed by atoms with E-state index in [1.54, 1.807) is 37.5 Å². The zero-order valence-electron chi connectivity index (χ0n) is 12.0. The minimum absolute atomic E-state index is 0.320. The standard InChI is InChI=1S/C15H12Cl2N4O2/c1-7(15(22)23)20-12-4-11(8-5-18-19-6-8)21-14-9(12)2-3-10(16)13(14)17/h2-7H,1H3,(H,18,19)(H,20,21)(H,22,23)/t7-/m1/s1. The van der Waals surface area contributed by atoms with Gasteiger partial charge in [-0.3, -0.25) is 9.89 Å². The van der Waals surface area contributed by atoms with Gasteiger partial charge >= 0.3 is 5.97 Å². The minimum Gasteiger partial charge on any atom is -0.480 e. The molecule has 8 heteroatoms. The number of carboxylic acids is 1. The van der Waals surface area contributed by atoms with Crippen LogP contribution in [0.25, 0.3) is 22.2 Å². The molecule has 2 aromatic heterocycles. The van der Waals surface area contributed by atoms with E-state index < -0.39 is 12.0 Å². The van der Waals surface area contributed by atoms with Crippen molar-refractivity contribution in [3.05, 3.63) is 40.6 Å². The average Bonchev–Trinajstić information content (AvgIpc) is 3.05. The van der Waals surface area contributed by atoms with Crippen LogP contribution in [0.1, 0.15) is 6.92 Å². The second-order valence-corrected chi connectivity index (χ2v) is 5.79. The molecule has 0 bridgehead atoms. The number of halogens is 2. The Morgan fingerprint density at radius 2 is 2.17 bits per heavy atom. The number of pyridine rings is 1. The first kappa shape index (κ1) is 15.6. The van der Waals surface area contributed by atoms with Crippen molar-refractivity contribution in [2.24, 2.45) is 0 Å². The summed E-state index contributed by atoms with van der Waals surface area (Å²) in [5, 5.41) is 20.1. The number of nitrogens with zero attached hydrogens (tertiary/aromatic N) is 2. The SMILES string of the molecule is C[C@@H](Nc1cc(-c2cn[nH]c2)nc2c(Cl)c(Cl)ccc12)C(=O)O. The second-order valence-electron chi connectivity index (χ2n) is 5.00. The third-order valence-electron chi connectivity index (χ3n) is 3.41. The van der Waals surface area contributed by atoms with E-state index in [1.807, 2.05) is 0 Å². The van der Waals surface area contributed by atoms with Crippen LogP contribution in [0, 0.1) is 0 Å². The third-order valence-corrected chi connectivity index (χ3v) is 4.20. The molecule has 118 valence electrons. The van der Waals surface area contributed by atoms with E-state index in [0.29, 0.717) is 32.3 Å². The Hall–Kier alpha value is -2.31. The normalized spacial score (nSPS) is 12.3. The Bertz CT molecular complexity index is 881. The fourth-order valence-electron chi connectivity index (χ4n) is 2.19. The maximum atomic E-state index is 11.1. The second kappa shape index (κ2) is 6.06. The van der Waals surface area contributed by atoms with E-state index in [4.69, 9.17) is 28.3 Å². The smallest absolute Gasteiger partial charge is 0.325 e. The molecule has 23 heavy (non-hydrogen) atoms. The largest absolute Gasteiger partial charge is 0.480 e. The number of aliphatic carboxylic acids is 1. The number of aromatic amines is 1. The maximum Gasteiger partial charge on any atom is 0.325 e. The van der Waals surface area contributed by atoms with Crippen LogP contribution in [0.4, 0.5) is 5.69 Å². The maximum absolute atomic E-state index is 11.1. The van der Waals surface area contributed by atoms with E-state index in [9.17, 15) is 4.79 Å². The quantitative estimate of drug-likeness (QED) is 0.665. The van der Waals surface area contributed by atoms with Gasteiger partial charge in [0.25, 0.3) is 0 Å². The van der Waals surface area contributed by atoms with Crippen molar-refractivity contribution in [2.75, 3.05) is 5.32 Å². The predicted molar refractivity (Wildman–Crippen MR) is 90.1 cm³/mol. The monoisotopic (exact) mass is 350 g/mol. The number of hydrogen-bond donors (Lipinski definition) is 3. The molecule has 0 radical (unpaired) electrons. The van der Waals surface area contributed by atoms with Gasteiger partial charge < -0.3 is 10.4 Å². The Morgan fingerprint density at radius 1 is 1.39 bits per heavy atom. The molecule has 0 aliphatic carbocycles. The van der Waals surface area contributed by atoms with Crippen LogP contribution >= 0.6 is 23.2 Å². The lowest BCUT2D eigenvalue weighted by molar-refractivity contribution is -0.137. The highest BCUT2D eigenvalue weighted by Gasteiger charge is 2.16. The molecule has 3 N–H and O–H groups in total. The zero-order chi connectivity index (χ0) is 16.6. The Balaban J connectivity index is 2.23. The average molecular weight is 351 g/mol. The van der Waals surface area contributed by atoms with E-state index in [1.165, 1.54) is 0 Å². The molecule has 0 amide bonds. The van der Waals surface area contributed by atoms with Gasteiger partial charge in [-0.1, -0.05) is 23.2 Å². The molecule has 3 rings (SSSR count). The first-order chi connectivity index (χ1) is 11.0. The van der Waals surface area contributed by atoms with Crippen LogP contribution in [-0.2, 0) is 4.79 Å². The highest BCUT2D eigenvalue weighted by molar-refractivity contribution is 6.45. The number of fused-ring (bicyclic) bond motifs is 1. The summed E-state index contributed by atoms with van der Waals surface area (Å²) in [5.41, 5.74) is 2.47. The van der Waals surface area contributed by atoms with Crippen molar-refractivity contribution in [1.82, 2.24) is 15.2 Å². The summed E-state index contributed by atoms with van der Waals surface area (Å²) in [7, 11) is 0. The fourth-order valence-corrected chi connectivity index (χ4v) is 2.55. The molecule has 0 aliphatic heterocycles. The summed E-state index contributed by atoms with van der Waals surface area (Å²) >= 11 is 12.3. The Labute approximate surface area is 141 Å². The fraction of sp³-hybridized carbons (Fsp3) is 0.133. The van der Waals surface area contributed by atoms with E-state index in [2.05, 4.69) is 20.5 Å². The van der Waals surface area contributed by atoms with Gasteiger partial charge in [0.2, 0.25) is 0 Å². The lowest BCUT2D eigenvalue weighted by Crippen LogP contribution is -2.25. The molecule has 0 fully saturated rings. The van der Waals surface area contributed by atoms with Gasteiger partial charge in [-0.2, -0.15) is 5.10 Å². The summed E-state index contributed by atoms with van der Waals surface area (Å²) in [6.07, 6.45) is 3.31. The Morgan fingerprint density at radius 3 is 2.83 bits per heavy atom. The van der Waals surface area contributed by atoms with E-state index >= 15 is 0 Å². The molecule has 3 aromatic rings. The number of H-pyrrole nitrogens is 1. The molecule has 0 saturated carbocycles. The van der Waals surface area contributed by atoms with E-state index in [0.717, 1.165) is 5.56 Å². The minimum atomic E-state index is -0.958. The zero-order valence-corrected chi connectivity index (χ0v) is 13.5. The van der Waals surface area contributed by atoms with Crippen LogP contribution < -0.4 is 5.32 Å². The van der Waals surface area contributed by atoms with Crippen LogP contribution in [0.5, 0.6) is 0 Å². The molecule has 2 heterocycles. The van der Waals surface area contributed by atoms with E-state index in [-0.39, 0.29) is 0 Å². The number of benzene rings is 1. The molecule has 6 nitrogen and oxygen atoms in total. The third kappa shape index (κ3) is 2.95. The van der Waals surface area contributed by atoms with Crippen LogP contribution in [0.3, 0.4) is 0 Å². The summed E-state index contributed by atoms with van der Waals surface area (Å²) in [6, 6.07) is 4.40. The number of hydrogen-bond acceptors (Lipinski definition) is 4. The summed E-state index contributed by atoms with van der Waals surface area (Å²) < 4.78 is 0. The van der Waals surface area contributed by atoms with Crippen LogP contribution in [0.15, 0.2) is 30.6 Å². The first-order valence-corrected chi connectivity index (χ1v) is 7.50. The van der Waals surface area contributed by atoms with Gasteiger partial charge in [0.1, 0.15) is 6.04 Å². The van der Waals surface area contributed by atoms with Crippen LogP contribution in [0.2, 0.25) is 10.0 Å². The summed E-state index contributed by atoms with van der Waals surface area (Å²) in [5.74, 6) is -0.958. The summed E-state index contributed by atoms with van der Waals surface area (Å²) in [6.45, 7) is 1.56. The molecule has 1 atom stereocenters. The molecule has 0 aliphatic rings. The number of carboxylic acid groups (broad SMARTS) is 1. The van der Waals surface area contributed by atoms with Gasteiger partial charge in [-0.05, 0) is 25.1 Å². The van der Waals surface area contributed by atoms with Crippen molar-refractivity contribution in [3.63, 3.8) is 0 Å². The number of carbonyl (C=O) groups is 1. The lowest BCUT2D eigenvalue weighted by atomic mass is 10.1. The highest BCUT2D eigenvalue weighted by Crippen LogP contribution is 2.35. The van der Waals surface area contributed by atoms with Crippen molar-refractivity contribution in [1.29, 1.82) is 0 Å². The van der Waals surface area contributed by atoms with Crippen molar-refractivity contribution in [3.8, 4) is 11.3 Å². The van der Waals surface area contributed by atoms with Gasteiger partial charge in [-0.15, -0.1) is 0 Å². The highest BCUT2D eigenvalue weighted by atomic mass is 35.5. The number of aromatic nitrogens is 3. The van der Waals surface area contributed by atoms with Crippen molar-refractivity contribution in [2.45, 2.75) is 13.0 Å². The number of anilines is 1. The molecule has 0 unspecified atom stereocenters. The van der Waals surface area contributed by atoms with Crippen molar-refractivity contribution >= 4 is 45.8 Å². The van der Waals surface area contributed by atoms with Gasteiger partial charge in [0.15, 0.2) is 0 Å². The van der Waals surface area contributed by atoms with Crippen molar-refractivity contribution < 1.29 is 9.90 Å². The lowest BCUT2D eigenvalue weighted by Gasteiger charge is -2.15. The van der Waals surface area contributed by atoms with Gasteiger partial charge in [-0.25, -0.2) is 4.98 Å². The van der Waals surface area contributed by atoms with Gasteiger partial charge in [0.05, 0.1) is 27.5 Å².